The van der Waals surface area contributed by atoms with Crippen LogP contribution in [0.1, 0.15) is 48.3 Å². The predicted octanol–water partition coefficient (Wildman–Crippen LogP) is 3.46. The van der Waals surface area contributed by atoms with Crippen molar-refractivity contribution >= 4 is 17.5 Å². The molecule has 0 unspecified atom stereocenters. The van der Waals surface area contributed by atoms with Crippen molar-refractivity contribution in [3.05, 3.63) is 59.0 Å². The molecule has 0 aliphatic carbocycles. The van der Waals surface area contributed by atoms with Crippen LogP contribution in [-0.2, 0) is 14.3 Å². The average molecular weight is 412 g/mol. The highest BCUT2D eigenvalue weighted by Crippen LogP contribution is 2.33. The van der Waals surface area contributed by atoms with Gasteiger partial charge in [-0.1, -0.05) is 19.1 Å². The second-order valence-corrected chi connectivity index (χ2v) is 7.48. The van der Waals surface area contributed by atoms with E-state index in [1.54, 1.807) is 26.4 Å². The zero-order chi connectivity index (χ0) is 21.7. The van der Waals surface area contributed by atoms with E-state index in [9.17, 15) is 9.59 Å². The van der Waals surface area contributed by atoms with Crippen LogP contribution in [0.5, 0.6) is 0 Å². The minimum absolute atomic E-state index is 0.0447. The minimum atomic E-state index is -0.329. The van der Waals surface area contributed by atoms with E-state index in [2.05, 4.69) is 31.1 Å². The molecule has 7 heteroatoms. The van der Waals surface area contributed by atoms with Crippen LogP contribution in [-0.4, -0.2) is 54.2 Å². The normalized spacial score (nSPS) is 15.9. The Kier molecular flexibility index (Phi) is 7.05. The van der Waals surface area contributed by atoms with Gasteiger partial charge < -0.3 is 14.1 Å². The zero-order valence-corrected chi connectivity index (χ0v) is 18.1. The van der Waals surface area contributed by atoms with Gasteiger partial charge in [0.25, 0.3) is 5.91 Å². The molecule has 1 aromatic carbocycles. The number of methoxy groups -OCH3 is 1. The van der Waals surface area contributed by atoms with Gasteiger partial charge in [-0.3, -0.25) is 9.59 Å². The topological polar surface area (TPSA) is 75.3 Å². The zero-order valence-electron chi connectivity index (χ0n) is 18.1. The summed E-state index contributed by atoms with van der Waals surface area (Å²) >= 11 is 0. The highest BCUT2D eigenvalue weighted by molar-refractivity contribution is 6.03. The third-order valence-corrected chi connectivity index (χ3v) is 5.42. The van der Waals surface area contributed by atoms with Crippen LogP contribution < -0.4 is 0 Å². The Morgan fingerprint density at radius 3 is 2.70 bits per heavy atom. The first-order valence-electron chi connectivity index (χ1n) is 10.2. The van der Waals surface area contributed by atoms with Crippen LogP contribution in [0.25, 0.3) is 0 Å². The van der Waals surface area contributed by atoms with Gasteiger partial charge in [-0.15, -0.1) is 0 Å². The van der Waals surface area contributed by atoms with Gasteiger partial charge in [0, 0.05) is 26.5 Å². The number of amides is 2. The Labute approximate surface area is 177 Å². The molecule has 0 spiro atoms. The Balaban J connectivity index is 1.87. The van der Waals surface area contributed by atoms with Crippen molar-refractivity contribution in [2.24, 2.45) is 5.10 Å². The summed E-state index contributed by atoms with van der Waals surface area (Å²) in [7, 11) is 1.57. The SMILES string of the molecule is CCC(=O)N(CCOC)CC(=O)N1N=C(c2ccc(C)c(C)c2)C[C@H]1c1ccco1. The van der Waals surface area contributed by atoms with Crippen LogP contribution in [0, 0.1) is 13.8 Å². The summed E-state index contributed by atoms with van der Waals surface area (Å²) in [5, 5.41) is 6.12. The van der Waals surface area contributed by atoms with E-state index >= 15 is 0 Å². The van der Waals surface area contributed by atoms with Gasteiger partial charge in [-0.05, 0) is 48.7 Å². The second kappa shape index (κ2) is 9.71. The van der Waals surface area contributed by atoms with Gasteiger partial charge in [-0.2, -0.15) is 5.10 Å². The van der Waals surface area contributed by atoms with Crippen LogP contribution in [0.2, 0.25) is 0 Å². The van der Waals surface area contributed by atoms with Gasteiger partial charge >= 0.3 is 0 Å². The molecule has 0 saturated carbocycles. The molecule has 2 aromatic rings. The average Bonchev–Trinajstić information content (AvgIpc) is 3.42. The smallest absolute Gasteiger partial charge is 0.262 e. The van der Waals surface area contributed by atoms with Gasteiger partial charge in [-0.25, -0.2) is 5.01 Å². The number of aryl methyl sites for hydroxylation is 2. The van der Waals surface area contributed by atoms with Gasteiger partial charge in [0.1, 0.15) is 18.3 Å². The lowest BCUT2D eigenvalue weighted by atomic mass is 9.99. The molecule has 0 bridgehead atoms. The molecule has 0 N–H and O–H groups in total. The molecule has 30 heavy (non-hydrogen) atoms. The third-order valence-electron chi connectivity index (χ3n) is 5.42. The van der Waals surface area contributed by atoms with E-state index in [-0.39, 0.29) is 24.4 Å². The van der Waals surface area contributed by atoms with E-state index in [0.29, 0.717) is 31.8 Å². The number of benzene rings is 1. The summed E-state index contributed by atoms with van der Waals surface area (Å²) < 4.78 is 10.7. The molecule has 2 amide bonds. The van der Waals surface area contributed by atoms with Crippen molar-refractivity contribution < 1.29 is 18.7 Å². The molecule has 7 nitrogen and oxygen atoms in total. The van der Waals surface area contributed by atoms with Crippen molar-refractivity contribution in [1.29, 1.82) is 0 Å². The lowest BCUT2D eigenvalue weighted by Crippen LogP contribution is -2.42. The lowest BCUT2D eigenvalue weighted by molar-refractivity contribution is -0.142. The monoisotopic (exact) mass is 411 g/mol. The van der Waals surface area contributed by atoms with Crippen molar-refractivity contribution in [1.82, 2.24) is 9.91 Å². The number of nitrogens with zero attached hydrogens (tertiary/aromatic N) is 3. The van der Waals surface area contributed by atoms with Crippen LogP contribution in [0.3, 0.4) is 0 Å². The van der Waals surface area contributed by atoms with Crippen LogP contribution in [0.4, 0.5) is 0 Å². The fourth-order valence-corrected chi connectivity index (χ4v) is 3.49. The van der Waals surface area contributed by atoms with E-state index in [0.717, 1.165) is 11.3 Å². The van der Waals surface area contributed by atoms with Crippen molar-refractivity contribution in [2.75, 3.05) is 26.8 Å². The molecule has 0 radical (unpaired) electrons. The fourth-order valence-electron chi connectivity index (χ4n) is 3.49. The van der Waals surface area contributed by atoms with Crippen LogP contribution in [0.15, 0.2) is 46.1 Å². The van der Waals surface area contributed by atoms with Crippen molar-refractivity contribution in [3.63, 3.8) is 0 Å². The van der Waals surface area contributed by atoms with Crippen molar-refractivity contribution in [3.8, 4) is 0 Å². The second-order valence-electron chi connectivity index (χ2n) is 7.48. The maximum atomic E-state index is 13.2. The maximum Gasteiger partial charge on any atom is 0.262 e. The maximum absolute atomic E-state index is 13.2. The molecule has 1 atom stereocenters. The number of furan rings is 1. The number of rotatable bonds is 8. The molecule has 1 aromatic heterocycles. The van der Waals surface area contributed by atoms with E-state index in [4.69, 9.17) is 9.15 Å². The molecule has 0 fully saturated rings. The molecule has 3 rings (SSSR count). The summed E-state index contributed by atoms with van der Waals surface area (Å²) in [5.41, 5.74) is 4.21. The highest BCUT2D eigenvalue weighted by Gasteiger charge is 2.35. The summed E-state index contributed by atoms with van der Waals surface area (Å²) in [5.74, 6) is 0.344. The Bertz CT molecular complexity index is 921. The summed E-state index contributed by atoms with van der Waals surface area (Å²) in [6.07, 6.45) is 2.48. The first kappa shape index (κ1) is 21.8. The number of carbonyl (C=O) groups is 2. The largest absolute Gasteiger partial charge is 0.467 e. The van der Waals surface area contributed by atoms with Gasteiger partial charge in [0.2, 0.25) is 5.91 Å². The van der Waals surface area contributed by atoms with E-state index < -0.39 is 0 Å². The highest BCUT2D eigenvalue weighted by atomic mass is 16.5. The molecule has 1 aliphatic rings. The molecule has 0 saturated heterocycles. The van der Waals surface area contributed by atoms with Gasteiger partial charge in [0.05, 0.1) is 18.6 Å². The lowest BCUT2D eigenvalue weighted by Gasteiger charge is -2.25. The molecule has 160 valence electrons. The molecule has 2 heterocycles. The standard InChI is InChI=1S/C23H29N3O4/c1-5-22(27)25(10-12-29-4)15-23(28)26-20(21-7-6-11-30-21)14-19(24-26)18-9-8-16(2)17(3)13-18/h6-9,11,13,20H,5,10,12,14-15H2,1-4H3/t20-/m0/s1. The van der Waals surface area contributed by atoms with Crippen molar-refractivity contribution in [2.45, 2.75) is 39.7 Å². The first-order chi connectivity index (χ1) is 14.4. The quantitative estimate of drug-likeness (QED) is 0.667. The molecule has 1 aliphatic heterocycles. The third kappa shape index (κ3) is 4.79. The molecular formula is C23H29N3O4. The Hall–Kier alpha value is -2.93. The summed E-state index contributed by atoms with van der Waals surface area (Å²) in [4.78, 5) is 27.0. The first-order valence-corrected chi connectivity index (χ1v) is 10.2. The van der Waals surface area contributed by atoms with Crippen LogP contribution >= 0.6 is 0 Å². The van der Waals surface area contributed by atoms with Gasteiger partial charge in [0.15, 0.2) is 0 Å². The summed E-state index contributed by atoms with van der Waals surface area (Å²) in [6.45, 7) is 6.60. The number of hydrogen-bond acceptors (Lipinski definition) is 5. The number of ether oxygens (including phenoxy) is 1. The van der Waals surface area contributed by atoms with E-state index in [1.165, 1.54) is 21.0 Å². The minimum Gasteiger partial charge on any atom is -0.467 e. The summed E-state index contributed by atoms with van der Waals surface area (Å²) in [6, 6.07) is 9.50. The fraction of sp³-hybridized carbons (Fsp3) is 0.435. The Morgan fingerprint density at radius 1 is 1.27 bits per heavy atom. The number of carbonyl (C=O) groups excluding carboxylic acids is 2. The van der Waals surface area contributed by atoms with E-state index in [1.807, 2.05) is 12.1 Å². The number of hydrogen-bond donors (Lipinski definition) is 0. The number of hydrazone groups is 1. The Morgan fingerprint density at radius 2 is 2.07 bits per heavy atom. The molecular weight excluding hydrogens is 382 g/mol. The predicted molar refractivity (Wildman–Crippen MR) is 114 cm³/mol.